The molecular formula is C38H28N2O2. The van der Waals surface area contributed by atoms with E-state index in [2.05, 4.69) is 96.8 Å². The Kier molecular flexibility index (Phi) is 6.57. The van der Waals surface area contributed by atoms with Gasteiger partial charge in [0.25, 0.3) is 0 Å². The number of rotatable bonds is 6. The fourth-order valence-corrected chi connectivity index (χ4v) is 4.98. The Morgan fingerprint density at radius 2 is 0.857 bits per heavy atom. The zero-order valence-electron chi connectivity index (χ0n) is 23.4. The first-order valence-corrected chi connectivity index (χ1v) is 14.0. The molecule has 0 atom stereocenters. The maximum absolute atomic E-state index is 5.98. The molecular weight excluding hydrogens is 516 g/mol. The van der Waals surface area contributed by atoms with Gasteiger partial charge in [0.15, 0.2) is 11.2 Å². The van der Waals surface area contributed by atoms with Crippen LogP contribution in [0.25, 0.3) is 68.8 Å². The van der Waals surface area contributed by atoms with Gasteiger partial charge in [0.05, 0.1) is 0 Å². The Morgan fingerprint density at radius 3 is 1.43 bits per heavy atom. The Labute approximate surface area is 244 Å². The van der Waals surface area contributed by atoms with Crippen molar-refractivity contribution in [1.82, 2.24) is 9.97 Å². The van der Waals surface area contributed by atoms with Crippen LogP contribution >= 0.6 is 0 Å². The average molecular weight is 545 g/mol. The van der Waals surface area contributed by atoms with Crippen molar-refractivity contribution in [3.63, 3.8) is 0 Å². The van der Waals surface area contributed by atoms with Gasteiger partial charge in [-0.1, -0.05) is 90.5 Å². The van der Waals surface area contributed by atoms with Crippen molar-refractivity contribution in [2.45, 2.75) is 13.8 Å². The molecule has 0 unspecified atom stereocenters. The fourth-order valence-electron chi connectivity index (χ4n) is 4.98. The summed E-state index contributed by atoms with van der Waals surface area (Å²) >= 11 is 0. The summed E-state index contributed by atoms with van der Waals surface area (Å²) in [5, 5.41) is 0. The lowest BCUT2D eigenvalue weighted by Gasteiger charge is -2.05. The summed E-state index contributed by atoms with van der Waals surface area (Å²) in [4.78, 5) is 9.25. The summed E-state index contributed by atoms with van der Waals surface area (Å²) in [6.45, 7) is 4.15. The molecule has 0 aliphatic carbocycles. The van der Waals surface area contributed by atoms with Crippen molar-refractivity contribution in [3.8, 4) is 22.3 Å². The number of benzene rings is 5. The third kappa shape index (κ3) is 5.43. The predicted molar refractivity (Wildman–Crippen MR) is 173 cm³/mol. The standard InChI is InChI=1S/C38H28N2O2/c1-25-3-12-29(13-4-25)30-14-16-31(17-15-30)32-18-20-36-34(24-32)40-38(42-36)22-11-28-8-6-27(7-9-28)10-21-37-39-33-23-26(2)5-19-35(33)41-37/h3-24H,1-2H3/b21-10+,22-11+. The van der Waals surface area contributed by atoms with Gasteiger partial charge in [0, 0.05) is 12.2 Å². The number of aryl methyl sites for hydroxylation is 2. The fraction of sp³-hybridized carbons (Fsp3) is 0.0526. The van der Waals surface area contributed by atoms with Crippen LogP contribution in [-0.2, 0) is 0 Å². The molecule has 4 nitrogen and oxygen atoms in total. The van der Waals surface area contributed by atoms with Crippen molar-refractivity contribution < 1.29 is 8.83 Å². The molecule has 7 rings (SSSR count). The van der Waals surface area contributed by atoms with Crippen molar-refractivity contribution in [2.75, 3.05) is 0 Å². The molecule has 2 heterocycles. The molecule has 0 saturated heterocycles. The summed E-state index contributed by atoms with van der Waals surface area (Å²) in [7, 11) is 0. The van der Waals surface area contributed by atoms with E-state index in [1.807, 2.05) is 55.5 Å². The van der Waals surface area contributed by atoms with Gasteiger partial charge in [-0.25, -0.2) is 9.97 Å². The lowest BCUT2D eigenvalue weighted by Crippen LogP contribution is -1.81. The number of hydrogen-bond donors (Lipinski definition) is 0. The zero-order valence-corrected chi connectivity index (χ0v) is 23.4. The van der Waals surface area contributed by atoms with Crippen LogP contribution in [0.2, 0.25) is 0 Å². The van der Waals surface area contributed by atoms with Crippen LogP contribution in [0.5, 0.6) is 0 Å². The monoisotopic (exact) mass is 544 g/mol. The highest BCUT2D eigenvalue weighted by Gasteiger charge is 2.07. The SMILES string of the molecule is Cc1ccc(-c2ccc(-c3ccc4oc(/C=C/c5ccc(/C=C/c6nc7cc(C)ccc7o6)cc5)nc4c3)cc2)cc1. The highest BCUT2D eigenvalue weighted by atomic mass is 16.4. The number of hydrogen-bond acceptors (Lipinski definition) is 4. The van der Waals surface area contributed by atoms with Crippen LogP contribution in [0.3, 0.4) is 0 Å². The van der Waals surface area contributed by atoms with E-state index in [0.717, 1.165) is 50.0 Å². The predicted octanol–water partition coefficient (Wildman–Crippen LogP) is 10.3. The van der Waals surface area contributed by atoms with Gasteiger partial charge in [-0.05, 0) is 89.2 Å². The molecule has 202 valence electrons. The van der Waals surface area contributed by atoms with E-state index in [9.17, 15) is 0 Å². The summed E-state index contributed by atoms with van der Waals surface area (Å²) in [6, 6.07) is 37.7. The minimum Gasteiger partial charge on any atom is -0.437 e. The Bertz CT molecular complexity index is 2080. The maximum atomic E-state index is 5.98. The smallest absolute Gasteiger partial charge is 0.220 e. The van der Waals surface area contributed by atoms with Crippen LogP contribution in [0.4, 0.5) is 0 Å². The second-order valence-corrected chi connectivity index (χ2v) is 10.5. The molecule has 0 aliphatic heterocycles. The molecule has 2 aromatic heterocycles. The molecule has 0 spiro atoms. The molecule has 4 heteroatoms. The molecule has 42 heavy (non-hydrogen) atoms. The van der Waals surface area contributed by atoms with E-state index < -0.39 is 0 Å². The lowest BCUT2D eigenvalue weighted by molar-refractivity contribution is 0.589. The van der Waals surface area contributed by atoms with E-state index in [1.165, 1.54) is 16.7 Å². The minimum atomic E-state index is 0.576. The van der Waals surface area contributed by atoms with Gasteiger partial charge in [0.1, 0.15) is 11.0 Å². The van der Waals surface area contributed by atoms with Gasteiger partial charge in [-0.2, -0.15) is 0 Å². The van der Waals surface area contributed by atoms with Crippen LogP contribution in [0.1, 0.15) is 34.0 Å². The van der Waals surface area contributed by atoms with Crippen molar-refractivity contribution in [3.05, 3.63) is 143 Å². The van der Waals surface area contributed by atoms with Gasteiger partial charge in [0.2, 0.25) is 11.8 Å². The molecule has 0 bridgehead atoms. The quantitative estimate of drug-likeness (QED) is 0.209. The molecule has 0 N–H and O–H groups in total. The second kappa shape index (κ2) is 10.8. The third-order valence-corrected chi connectivity index (χ3v) is 7.34. The first kappa shape index (κ1) is 25.5. The number of oxazole rings is 2. The Hall–Kier alpha value is -5.48. The zero-order chi connectivity index (χ0) is 28.5. The van der Waals surface area contributed by atoms with E-state index in [4.69, 9.17) is 13.8 Å². The lowest BCUT2D eigenvalue weighted by atomic mass is 9.99. The molecule has 0 fully saturated rings. The molecule has 0 radical (unpaired) electrons. The summed E-state index contributed by atoms with van der Waals surface area (Å²) < 4.78 is 11.8. The van der Waals surface area contributed by atoms with E-state index in [0.29, 0.717) is 11.8 Å². The van der Waals surface area contributed by atoms with Crippen molar-refractivity contribution >= 4 is 46.5 Å². The third-order valence-electron chi connectivity index (χ3n) is 7.34. The maximum Gasteiger partial charge on any atom is 0.220 e. The first-order valence-electron chi connectivity index (χ1n) is 14.0. The van der Waals surface area contributed by atoms with Crippen LogP contribution in [0, 0.1) is 13.8 Å². The van der Waals surface area contributed by atoms with Gasteiger partial charge in [-0.3, -0.25) is 0 Å². The van der Waals surface area contributed by atoms with E-state index in [-0.39, 0.29) is 0 Å². The summed E-state index contributed by atoms with van der Waals surface area (Å²) in [5.41, 5.74) is 12.5. The Morgan fingerprint density at radius 1 is 0.429 bits per heavy atom. The van der Waals surface area contributed by atoms with Gasteiger partial charge < -0.3 is 8.83 Å². The van der Waals surface area contributed by atoms with Gasteiger partial charge in [-0.15, -0.1) is 0 Å². The summed E-state index contributed by atoms with van der Waals surface area (Å²) in [6.07, 6.45) is 7.80. The molecule has 0 saturated carbocycles. The van der Waals surface area contributed by atoms with Crippen molar-refractivity contribution in [1.29, 1.82) is 0 Å². The van der Waals surface area contributed by atoms with Crippen LogP contribution in [-0.4, -0.2) is 9.97 Å². The van der Waals surface area contributed by atoms with Crippen LogP contribution in [0.15, 0.2) is 118 Å². The summed E-state index contributed by atoms with van der Waals surface area (Å²) in [5.74, 6) is 1.17. The normalized spacial score (nSPS) is 11.9. The number of aromatic nitrogens is 2. The molecule has 0 amide bonds. The van der Waals surface area contributed by atoms with Crippen LogP contribution < -0.4 is 0 Å². The molecule has 7 aromatic rings. The number of nitrogens with zero attached hydrogens (tertiary/aromatic N) is 2. The van der Waals surface area contributed by atoms with E-state index in [1.54, 1.807) is 0 Å². The molecule has 5 aromatic carbocycles. The Balaban J connectivity index is 1.03. The minimum absolute atomic E-state index is 0.576. The van der Waals surface area contributed by atoms with Crippen molar-refractivity contribution in [2.24, 2.45) is 0 Å². The average Bonchev–Trinajstić information content (AvgIpc) is 3.62. The highest BCUT2D eigenvalue weighted by molar-refractivity contribution is 5.83. The highest BCUT2D eigenvalue weighted by Crippen LogP contribution is 2.28. The van der Waals surface area contributed by atoms with Gasteiger partial charge >= 0.3 is 0 Å². The largest absolute Gasteiger partial charge is 0.437 e. The molecule has 0 aliphatic rings. The second-order valence-electron chi connectivity index (χ2n) is 10.5. The first-order chi connectivity index (χ1) is 20.6. The topological polar surface area (TPSA) is 52.1 Å². The number of fused-ring (bicyclic) bond motifs is 2. The van der Waals surface area contributed by atoms with E-state index >= 15 is 0 Å².